The first-order valence-corrected chi connectivity index (χ1v) is 12.1. The molecule has 9 nitrogen and oxygen atoms in total. The normalized spacial score (nSPS) is 14.3. The van der Waals surface area contributed by atoms with Gasteiger partial charge in [0, 0.05) is 22.9 Å². The van der Waals surface area contributed by atoms with E-state index in [1.165, 1.54) is 6.08 Å². The summed E-state index contributed by atoms with van der Waals surface area (Å²) in [4.78, 5) is 29.4. The van der Waals surface area contributed by atoms with Crippen LogP contribution in [0.3, 0.4) is 0 Å². The summed E-state index contributed by atoms with van der Waals surface area (Å²) in [6, 6.07) is 22.6. The van der Waals surface area contributed by atoms with Gasteiger partial charge in [0.1, 0.15) is 11.9 Å². The zero-order valence-electron chi connectivity index (χ0n) is 20.9. The third-order valence-electron chi connectivity index (χ3n) is 6.27. The van der Waals surface area contributed by atoms with Crippen LogP contribution >= 0.6 is 0 Å². The van der Waals surface area contributed by atoms with Crippen LogP contribution in [0.1, 0.15) is 46.4 Å². The number of amides is 2. The number of fused-ring (bicyclic) bond motifs is 3. The Labute approximate surface area is 219 Å². The maximum absolute atomic E-state index is 13.2. The number of rotatable bonds is 6. The van der Waals surface area contributed by atoms with Crippen molar-refractivity contribution in [2.45, 2.75) is 26.3 Å². The van der Waals surface area contributed by atoms with Crippen molar-refractivity contribution in [1.82, 2.24) is 20.2 Å². The van der Waals surface area contributed by atoms with Crippen molar-refractivity contribution in [1.29, 1.82) is 0 Å². The van der Waals surface area contributed by atoms with E-state index < -0.39 is 11.9 Å². The van der Waals surface area contributed by atoms with Gasteiger partial charge in [0.25, 0.3) is 5.91 Å². The van der Waals surface area contributed by atoms with Crippen LogP contribution in [0.15, 0.2) is 83.9 Å². The number of hydroxylamine groups is 1. The molecule has 0 aliphatic carbocycles. The Morgan fingerprint density at radius 3 is 2.45 bits per heavy atom. The van der Waals surface area contributed by atoms with E-state index in [1.807, 2.05) is 66.9 Å². The van der Waals surface area contributed by atoms with Crippen LogP contribution in [0.2, 0.25) is 0 Å². The number of anilines is 1. The number of nitrogens with zero attached hydrogens (tertiary/aromatic N) is 4. The smallest absolute Gasteiger partial charge is 0.267 e. The first-order chi connectivity index (χ1) is 18.4. The predicted molar refractivity (Wildman–Crippen MR) is 144 cm³/mol. The second kappa shape index (κ2) is 10.6. The standard InChI is InChI=1S/C29H26N6O3/c1-18-7-12-21(13-8-18)28-23-5-3-4-6-25(23)35-19(2)32-33-29(35)24(31-28)17-27(37)30-22-14-9-20(10-15-22)11-16-26(36)34-38/h3-16,24,38H,17H2,1-2H3,(H,30,37)(H,34,36)/b16-11+/t24-/m0/s1. The van der Waals surface area contributed by atoms with Crippen LogP contribution in [-0.2, 0) is 9.59 Å². The van der Waals surface area contributed by atoms with Crippen molar-refractivity contribution < 1.29 is 14.8 Å². The van der Waals surface area contributed by atoms with E-state index >= 15 is 0 Å². The van der Waals surface area contributed by atoms with Crippen LogP contribution in [0.4, 0.5) is 5.69 Å². The number of aromatic nitrogens is 3. The van der Waals surface area contributed by atoms with Gasteiger partial charge in [-0.25, -0.2) is 5.48 Å². The Balaban J connectivity index is 1.45. The molecule has 2 heterocycles. The molecule has 9 heteroatoms. The highest BCUT2D eigenvalue weighted by Gasteiger charge is 2.29. The highest BCUT2D eigenvalue weighted by Crippen LogP contribution is 2.32. The van der Waals surface area contributed by atoms with Crippen LogP contribution in [-0.4, -0.2) is 37.5 Å². The van der Waals surface area contributed by atoms with E-state index in [0.717, 1.165) is 39.5 Å². The van der Waals surface area contributed by atoms with Gasteiger partial charge in [-0.15, -0.1) is 10.2 Å². The van der Waals surface area contributed by atoms with Gasteiger partial charge in [0.05, 0.1) is 17.8 Å². The zero-order chi connectivity index (χ0) is 26.6. The molecule has 0 bridgehead atoms. The summed E-state index contributed by atoms with van der Waals surface area (Å²) in [5.41, 5.74) is 7.67. The van der Waals surface area contributed by atoms with Crippen LogP contribution in [0, 0.1) is 13.8 Å². The average Bonchev–Trinajstić information content (AvgIpc) is 3.25. The van der Waals surface area contributed by atoms with Crippen molar-refractivity contribution in [3.8, 4) is 5.69 Å². The summed E-state index contributed by atoms with van der Waals surface area (Å²) in [7, 11) is 0. The average molecular weight is 507 g/mol. The number of para-hydroxylation sites is 1. The molecule has 5 rings (SSSR count). The Bertz CT molecular complexity index is 1550. The molecule has 1 aliphatic heterocycles. The minimum Gasteiger partial charge on any atom is -0.326 e. The lowest BCUT2D eigenvalue weighted by atomic mass is 9.99. The molecule has 2 amide bonds. The molecule has 3 aromatic carbocycles. The maximum atomic E-state index is 13.2. The molecule has 0 fully saturated rings. The van der Waals surface area contributed by atoms with E-state index in [-0.39, 0.29) is 12.3 Å². The van der Waals surface area contributed by atoms with E-state index in [2.05, 4.69) is 15.5 Å². The van der Waals surface area contributed by atoms with Gasteiger partial charge in [-0.1, -0.05) is 60.2 Å². The van der Waals surface area contributed by atoms with Gasteiger partial charge in [0.15, 0.2) is 5.82 Å². The van der Waals surface area contributed by atoms with Crippen molar-refractivity contribution in [3.63, 3.8) is 0 Å². The highest BCUT2D eigenvalue weighted by molar-refractivity contribution is 6.15. The molecular weight excluding hydrogens is 480 g/mol. The summed E-state index contributed by atoms with van der Waals surface area (Å²) in [6.07, 6.45) is 2.83. The van der Waals surface area contributed by atoms with E-state index in [9.17, 15) is 9.59 Å². The molecule has 1 aliphatic rings. The molecule has 38 heavy (non-hydrogen) atoms. The van der Waals surface area contributed by atoms with Gasteiger partial charge in [-0.05, 0) is 43.7 Å². The number of benzene rings is 3. The van der Waals surface area contributed by atoms with E-state index in [4.69, 9.17) is 10.2 Å². The van der Waals surface area contributed by atoms with Crippen LogP contribution < -0.4 is 10.8 Å². The minimum atomic E-state index is -0.624. The second-order valence-corrected chi connectivity index (χ2v) is 9.00. The second-order valence-electron chi connectivity index (χ2n) is 9.00. The molecular formula is C29H26N6O3. The van der Waals surface area contributed by atoms with Gasteiger partial charge in [-0.3, -0.25) is 24.4 Å². The number of carbonyl (C=O) groups excluding carboxylic acids is 2. The molecule has 3 N–H and O–H groups in total. The highest BCUT2D eigenvalue weighted by atomic mass is 16.5. The molecule has 4 aromatic rings. The molecule has 0 spiro atoms. The number of hydrogen-bond acceptors (Lipinski definition) is 6. The lowest BCUT2D eigenvalue weighted by Crippen LogP contribution is -2.17. The monoisotopic (exact) mass is 506 g/mol. The van der Waals surface area contributed by atoms with Crippen LogP contribution in [0.25, 0.3) is 11.8 Å². The van der Waals surface area contributed by atoms with E-state index in [0.29, 0.717) is 11.5 Å². The Morgan fingerprint density at radius 1 is 0.974 bits per heavy atom. The Hall–Kier alpha value is -4.89. The molecule has 0 saturated carbocycles. The van der Waals surface area contributed by atoms with Crippen molar-refractivity contribution in [3.05, 3.63) is 113 Å². The molecule has 1 aromatic heterocycles. The topological polar surface area (TPSA) is 122 Å². The van der Waals surface area contributed by atoms with Crippen LogP contribution in [0.5, 0.6) is 0 Å². The molecule has 0 unspecified atom stereocenters. The van der Waals surface area contributed by atoms with Gasteiger partial charge >= 0.3 is 0 Å². The Morgan fingerprint density at radius 2 is 1.71 bits per heavy atom. The Kier molecular flexibility index (Phi) is 6.92. The van der Waals surface area contributed by atoms with Crippen molar-refractivity contribution >= 4 is 29.3 Å². The fourth-order valence-electron chi connectivity index (χ4n) is 4.40. The number of aryl methyl sites for hydroxylation is 2. The summed E-state index contributed by atoms with van der Waals surface area (Å²) in [6.45, 7) is 3.93. The molecule has 1 atom stereocenters. The third kappa shape index (κ3) is 5.14. The number of carbonyl (C=O) groups is 2. The molecule has 0 radical (unpaired) electrons. The summed E-state index contributed by atoms with van der Waals surface area (Å²) >= 11 is 0. The summed E-state index contributed by atoms with van der Waals surface area (Å²) < 4.78 is 1.97. The fraction of sp³-hybridized carbons (Fsp3) is 0.138. The number of nitrogens with one attached hydrogen (secondary N) is 2. The van der Waals surface area contributed by atoms with Gasteiger partial charge in [-0.2, -0.15) is 0 Å². The van der Waals surface area contributed by atoms with Gasteiger partial charge < -0.3 is 5.32 Å². The SMILES string of the molecule is Cc1ccc(C2=N[C@@H](CC(=O)Nc3ccc(/C=C/C(=O)NO)cc3)c3nnc(C)n3-c3ccccc32)cc1. The first kappa shape index (κ1) is 24.8. The predicted octanol–water partition coefficient (Wildman–Crippen LogP) is 4.32. The molecule has 190 valence electrons. The quantitative estimate of drug-likeness (QED) is 0.204. The maximum Gasteiger partial charge on any atom is 0.267 e. The fourth-order valence-corrected chi connectivity index (χ4v) is 4.40. The van der Waals surface area contributed by atoms with Gasteiger partial charge in [0.2, 0.25) is 5.91 Å². The number of aliphatic imine (C=N–C) groups is 1. The zero-order valence-corrected chi connectivity index (χ0v) is 20.9. The lowest BCUT2D eigenvalue weighted by molar-refractivity contribution is -0.124. The summed E-state index contributed by atoms with van der Waals surface area (Å²) in [5, 5.41) is 20.2. The summed E-state index contributed by atoms with van der Waals surface area (Å²) in [5.74, 6) is 0.483. The van der Waals surface area contributed by atoms with E-state index in [1.54, 1.807) is 35.8 Å². The third-order valence-corrected chi connectivity index (χ3v) is 6.27. The first-order valence-electron chi connectivity index (χ1n) is 12.1. The lowest BCUT2D eigenvalue weighted by Gasteiger charge is -2.13. The number of hydrogen-bond donors (Lipinski definition) is 3. The van der Waals surface area contributed by atoms with Crippen molar-refractivity contribution in [2.24, 2.45) is 4.99 Å². The molecule has 0 saturated heterocycles. The largest absolute Gasteiger partial charge is 0.326 e. The minimum absolute atomic E-state index is 0.0693. The van der Waals surface area contributed by atoms with Crippen molar-refractivity contribution in [2.75, 3.05) is 5.32 Å².